The molecule has 8 heterocycles. The molecule has 120 heavy (non-hydrogen) atoms. The molecule has 0 fully saturated rings. The number of amides is 4. The maximum Gasteiger partial charge on any atom is 0.335 e. The van der Waals surface area contributed by atoms with Gasteiger partial charge in [-0.3, -0.25) is 24.0 Å². The Bertz CT molecular complexity index is 4340. The zero-order valence-corrected chi connectivity index (χ0v) is 70.8. The highest BCUT2D eigenvalue weighted by molar-refractivity contribution is 7.95. The first-order valence-electron chi connectivity index (χ1n) is 34.3. The molecule has 0 saturated carbocycles. The largest absolute Gasteiger partial charge is 0.478 e. The normalized spacial score (nSPS) is 12.4. The Kier molecular flexibility index (Phi) is 43.4. The lowest BCUT2D eigenvalue weighted by Crippen LogP contribution is -2.39. The molecule has 4 atom stereocenters. The van der Waals surface area contributed by atoms with Gasteiger partial charge in [0, 0.05) is 103 Å². The fraction of sp³-hybridized carbons (Fsp3) is 0.517. The number of hydrogen-bond donors (Lipinski definition) is 4. The van der Waals surface area contributed by atoms with E-state index in [0.29, 0.717) is 114 Å². The number of carbonyl (C=O) groups is 7. The highest BCUT2D eigenvalue weighted by Gasteiger charge is 2.32. The summed E-state index contributed by atoms with van der Waals surface area (Å²) in [4.78, 5) is 128. The maximum absolute atomic E-state index is 13.4. The van der Waals surface area contributed by atoms with E-state index in [0.717, 1.165) is 0 Å². The molecule has 9 rings (SSSR count). The molecule has 0 bridgehead atoms. The summed E-state index contributed by atoms with van der Waals surface area (Å²) in [6.07, 6.45) is 0.582. The number of aromatic carboxylic acids is 1. The molecule has 4 amide bonds. The van der Waals surface area contributed by atoms with Crippen LogP contribution in [0.4, 0.5) is 0 Å². The van der Waals surface area contributed by atoms with Gasteiger partial charge in [-0.05, 0) is 43.0 Å². The number of aromatic nitrogens is 16. The molecule has 0 radical (unpaired) electrons. The number of rotatable bonds is 60. The van der Waals surface area contributed by atoms with E-state index >= 15 is 0 Å². The summed E-state index contributed by atoms with van der Waals surface area (Å²) in [7, 11) is 10.4. The molecule has 9 aromatic rings. The van der Waals surface area contributed by atoms with Crippen LogP contribution in [0.1, 0.15) is 157 Å². The third-order valence-electron chi connectivity index (χ3n) is 14.9. The molecule has 1 aromatic carbocycles. The minimum atomic E-state index is -1.23. The van der Waals surface area contributed by atoms with Crippen molar-refractivity contribution in [1.29, 1.82) is 0 Å². The maximum atomic E-state index is 13.4. The van der Waals surface area contributed by atoms with Crippen LogP contribution in [0, 0.1) is 0 Å². The standard InChI is InChI=1S/C31H42N10O16S4.C29H32N10O16S4/c1-18(42)8-6-10-25(45)41(12-7-9-21(43)14-19(26-35-39-30(52-26)60-56-48-4)16-23-33-37-28(50-23)58-54-46-2)13-11-32-22(44)15-20(27-36-40-31(53-27)61-57-49-5)17-24-34-38-29(51-24)59-55-47-3;1-44-52-56-26-36-32-21(48-26)10-16(23-34-38-28(50-23)58-54-46-3)8-19(40)30-12-14-5-15(7-18(6-14)25(42)43)13-31-20(41)9-17(24-35-39-29(51-24)59-55-47-4)11-22-33-37-27(49-22)57-53-45-2/h19-20H,6-17H2,1-5H3,(H,32,44);5-7,16-17H,8-13H2,1-4H3,(H,30,40)(H,31,41)(H,42,43). The third-order valence-corrected chi connectivity index (χ3v) is 19.0. The van der Waals surface area contributed by atoms with Crippen LogP contribution in [0.25, 0.3) is 0 Å². The zero-order chi connectivity index (χ0) is 85.8. The summed E-state index contributed by atoms with van der Waals surface area (Å²) < 4.78 is 82.9. The molecule has 0 aliphatic carbocycles. The summed E-state index contributed by atoms with van der Waals surface area (Å²) in [6, 6.07) is 4.42. The number of benzene rings is 1. The topological polar surface area (TPSA) is 638 Å². The molecule has 4 unspecified atom stereocenters. The van der Waals surface area contributed by atoms with Crippen molar-refractivity contribution < 1.29 is 148 Å². The molecule has 4 N–H and O–H groups in total. The predicted octanol–water partition coefficient (Wildman–Crippen LogP) is 7.07. The Balaban J connectivity index is 0.000000299. The minimum absolute atomic E-state index is 0.00736. The van der Waals surface area contributed by atoms with E-state index < -0.39 is 47.4 Å². The van der Waals surface area contributed by atoms with E-state index in [1.807, 2.05) is 0 Å². The average molecular weight is 1840 g/mol. The van der Waals surface area contributed by atoms with E-state index in [1.54, 1.807) is 6.07 Å². The smallest absolute Gasteiger partial charge is 0.335 e. The van der Waals surface area contributed by atoms with Crippen LogP contribution >= 0.6 is 96.3 Å². The van der Waals surface area contributed by atoms with E-state index in [1.165, 1.54) is 80.8 Å². The van der Waals surface area contributed by atoms with Crippen molar-refractivity contribution in [2.75, 3.05) is 76.5 Å². The molecular weight excluding hydrogens is 1770 g/mol. The van der Waals surface area contributed by atoms with Crippen molar-refractivity contribution in [3.8, 4) is 0 Å². The molecular formula is C60H74N20O32S8. The lowest BCUT2D eigenvalue weighted by atomic mass is 9.96. The highest BCUT2D eigenvalue weighted by atomic mass is 32.2. The number of Topliss-reactive ketones (excluding diaryl/α,β-unsaturated/α-hetero) is 2. The predicted molar refractivity (Wildman–Crippen MR) is 396 cm³/mol. The van der Waals surface area contributed by atoms with Gasteiger partial charge in [0.05, 0.1) is 86.1 Å². The van der Waals surface area contributed by atoms with Crippen LogP contribution in [0.3, 0.4) is 0 Å². The lowest BCUT2D eigenvalue weighted by molar-refractivity contribution is -0.161. The molecule has 0 aliphatic rings. The lowest BCUT2D eigenvalue weighted by Gasteiger charge is -2.23. The summed E-state index contributed by atoms with van der Waals surface area (Å²) >= 11 is 5.49. The van der Waals surface area contributed by atoms with Crippen molar-refractivity contribution in [2.24, 2.45) is 0 Å². The van der Waals surface area contributed by atoms with Gasteiger partial charge in [-0.2, -0.15) is 34.7 Å². The number of hydrogen-bond acceptors (Lipinski definition) is 55. The van der Waals surface area contributed by atoms with Gasteiger partial charge >= 0.3 is 47.8 Å². The van der Waals surface area contributed by atoms with Gasteiger partial charge in [-0.15, -0.1) is 40.8 Å². The van der Waals surface area contributed by atoms with Crippen molar-refractivity contribution >= 4 is 138 Å². The first kappa shape index (κ1) is 96.6. The molecule has 0 aliphatic heterocycles. The van der Waals surface area contributed by atoms with Crippen LogP contribution < -0.4 is 16.0 Å². The van der Waals surface area contributed by atoms with Gasteiger partial charge in [0.1, 0.15) is 108 Å². The Morgan fingerprint density at radius 3 is 0.975 bits per heavy atom. The van der Waals surface area contributed by atoms with Crippen LogP contribution in [-0.2, 0) is 141 Å². The SMILES string of the molecule is COOSc1nnc(CC(CC(=O)CCCN(CCNC(=O)CC(Cc2nnc(SOOC)o2)c2nnc(SOOC)o2)C(=O)CCCC(C)=O)c2nnc(SOOC)o2)o1.COOSc1nnc(CC(CC(=O)NCc2cc(CNC(=O)CC(Cc3nnc(SOOC)o3)c3nnc(SOOC)o3)cc(C(=O)O)c2)c2nnc(SOOC)o2)o1. The second kappa shape index (κ2) is 53.9. The minimum Gasteiger partial charge on any atom is -0.478 e. The Morgan fingerprint density at radius 1 is 0.367 bits per heavy atom. The average Bonchev–Trinajstić information content (AvgIpc) is 1.45. The molecule has 52 nitrogen and oxygen atoms in total. The molecule has 0 saturated heterocycles. The van der Waals surface area contributed by atoms with E-state index in [-0.39, 0.29) is 222 Å². The summed E-state index contributed by atoms with van der Waals surface area (Å²) in [5.74, 6) is -5.01. The third kappa shape index (κ3) is 35.0. The fourth-order valence-corrected chi connectivity index (χ4v) is 12.6. The highest BCUT2D eigenvalue weighted by Crippen LogP contribution is 2.34. The quantitative estimate of drug-likeness (QED) is 0.0168. The molecule has 60 heteroatoms. The Hall–Kier alpha value is -8.81. The number of carboxylic acid groups (broad SMARTS) is 1. The van der Waals surface area contributed by atoms with Crippen LogP contribution in [0.2, 0.25) is 0 Å². The van der Waals surface area contributed by atoms with Crippen molar-refractivity contribution in [1.82, 2.24) is 102 Å². The second-order valence-corrected chi connectivity index (χ2v) is 28.5. The summed E-state index contributed by atoms with van der Waals surface area (Å²) in [5, 5.41) is 81.5. The van der Waals surface area contributed by atoms with E-state index in [4.69, 9.17) is 70.0 Å². The Labute approximate surface area is 711 Å². The van der Waals surface area contributed by atoms with Gasteiger partial charge in [-0.1, -0.05) is 46.9 Å². The fourth-order valence-electron chi connectivity index (χ4n) is 9.99. The Morgan fingerprint density at radius 2 is 0.667 bits per heavy atom. The van der Waals surface area contributed by atoms with Gasteiger partial charge in [-0.25, -0.2) is 43.9 Å². The van der Waals surface area contributed by atoms with E-state index in [2.05, 4.69) is 137 Å². The van der Waals surface area contributed by atoms with Crippen molar-refractivity contribution in [2.45, 2.75) is 169 Å². The van der Waals surface area contributed by atoms with Crippen molar-refractivity contribution in [3.05, 3.63) is 82.0 Å². The monoisotopic (exact) mass is 1840 g/mol. The van der Waals surface area contributed by atoms with Crippen LogP contribution in [0.5, 0.6) is 0 Å². The molecule has 0 spiro atoms. The number of nitrogens with zero attached hydrogens (tertiary/aromatic N) is 17. The summed E-state index contributed by atoms with van der Waals surface area (Å²) in [5.41, 5.74) is 0.780. The van der Waals surface area contributed by atoms with Crippen LogP contribution in [-0.4, -0.2) is 209 Å². The molecule has 8 aromatic heterocycles. The van der Waals surface area contributed by atoms with Gasteiger partial charge < -0.3 is 66.1 Å². The molecule has 654 valence electrons. The number of carbonyl (C=O) groups excluding carboxylic acids is 6. The first-order valence-corrected chi connectivity index (χ1v) is 40.3. The summed E-state index contributed by atoms with van der Waals surface area (Å²) in [6.45, 7) is 1.65. The van der Waals surface area contributed by atoms with Crippen LogP contribution in [0.15, 0.2) is 95.3 Å². The first-order chi connectivity index (χ1) is 58.2. The van der Waals surface area contributed by atoms with Gasteiger partial charge in [0.15, 0.2) is 0 Å². The van der Waals surface area contributed by atoms with Crippen molar-refractivity contribution in [3.63, 3.8) is 0 Å². The zero-order valence-electron chi connectivity index (χ0n) is 64.2. The van der Waals surface area contributed by atoms with Gasteiger partial charge in [0.25, 0.3) is 0 Å². The second-order valence-electron chi connectivity index (χ2n) is 23.3. The number of ketones is 2. The number of carboxylic acids is 1. The number of nitrogens with one attached hydrogen (secondary N) is 3. The van der Waals surface area contributed by atoms with E-state index in [9.17, 15) is 38.7 Å². The van der Waals surface area contributed by atoms with Gasteiger partial charge in [0.2, 0.25) is 70.8 Å².